The Morgan fingerprint density at radius 1 is 1.75 bits per heavy atom. The van der Waals surface area contributed by atoms with Crippen LogP contribution in [0.5, 0.6) is 0 Å². The van der Waals surface area contributed by atoms with Crippen LogP contribution in [0.3, 0.4) is 0 Å². The van der Waals surface area contributed by atoms with Crippen molar-refractivity contribution in [3.05, 3.63) is 22.7 Å². The van der Waals surface area contributed by atoms with Gasteiger partial charge in [-0.15, -0.1) is 0 Å². The zero-order valence-corrected chi connectivity index (χ0v) is 15.2. The second-order valence-corrected chi connectivity index (χ2v) is 8.58. The van der Waals surface area contributed by atoms with E-state index in [4.69, 9.17) is 9.26 Å². The normalized spacial score (nSPS) is 25.4. The van der Waals surface area contributed by atoms with Crippen molar-refractivity contribution in [3.8, 4) is 0 Å². The molecule has 0 saturated carbocycles. The molecule has 1 aliphatic rings. The molecule has 4 atom stereocenters. The maximum atomic E-state index is 12.0. The maximum absolute atomic E-state index is 12.0. The molecule has 0 bridgehead atoms. The van der Waals surface area contributed by atoms with Gasteiger partial charge in [-0.25, -0.2) is 0 Å². The van der Waals surface area contributed by atoms with Crippen molar-refractivity contribution in [2.75, 3.05) is 9.06 Å². The summed E-state index contributed by atoms with van der Waals surface area (Å²) < 4.78 is 16.3. The number of aliphatic hydroxyl groups excluding tert-OH is 1. The van der Waals surface area contributed by atoms with E-state index >= 15 is 0 Å². The first kappa shape index (κ1) is 16.5. The molecule has 0 spiro atoms. The molecule has 20 heavy (non-hydrogen) atoms. The van der Waals surface area contributed by atoms with E-state index in [1.54, 1.807) is 12.3 Å². The molecule has 9 heteroatoms. The summed E-state index contributed by atoms with van der Waals surface area (Å²) in [6, 6.07) is 1.78. The Labute approximate surface area is 135 Å². The van der Waals surface area contributed by atoms with Crippen molar-refractivity contribution in [2.24, 2.45) is 0 Å². The van der Waals surface area contributed by atoms with Crippen molar-refractivity contribution in [1.29, 1.82) is 0 Å². The summed E-state index contributed by atoms with van der Waals surface area (Å²) in [6.07, 6.45) is 0.479. The second kappa shape index (κ2) is 7.92. The first-order valence-corrected chi connectivity index (χ1v) is 10.4. The topological polar surface area (TPSA) is 85.6 Å². The van der Waals surface area contributed by atoms with Crippen molar-refractivity contribution >= 4 is 15.3 Å². The summed E-state index contributed by atoms with van der Waals surface area (Å²) in [4.78, 5) is 16.0. The summed E-state index contributed by atoms with van der Waals surface area (Å²) in [5.74, 6) is 0.637. The van der Waals surface area contributed by atoms with Gasteiger partial charge in [0.15, 0.2) is 0 Å². The molecule has 0 radical (unpaired) electrons. The Morgan fingerprint density at radius 3 is 3.20 bits per heavy atom. The van der Waals surface area contributed by atoms with Crippen LogP contribution in [0.1, 0.15) is 19.6 Å². The van der Waals surface area contributed by atoms with Gasteiger partial charge < -0.3 is 0 Å². The molecule has 0 amide bonds. The van der Waals surface area contributed by atoms with Crippen LogP contribution in [-0.2, 0) is 38.8 Å². The Hall–Kier alpha value is 0.0939. The van der Waals surface area contributed by atoms with Gasteiger partial charge in [0.2, 0.25) is 0 Å². The SMILES string of the molecule is C[CH2][Y][NH]c1ccn([C@H]2CC(O)[C@@H](COP)O2)c(=O)n1. The van der Waals surface area contributed by atoms with Crippen molar-refractivity contribution in [3.63, 3.8) is 0 Å². The fourth-order valence-corrected chi connectivity index (χ4v) is 3.65. The number of nitrogens with one attached hydrogen (secondary N) is 1. The van der Waals surface area contributed by atoms with Gasteiger partial charge in [0, 0.05) is 0 Å². The molecular weight excluding hydrogens is 358 g/mol. The van der Waals surface area contributed by atoms with Gasteiger partial charge in [-0.05, 0) is 0 Å². The monoisotopic (exact) mass is 376 g/mol. The first-order chi connectivity index (χ1) is 9.65. The number of hydrogen-bond donors (Lipinski definition) is 2. The average Bonchev–Trinajstić information content (AvgIpc) is 2.78. The van der Waals surface area contributed by atoms with Crippen LogP contribution in [0.2, 0.25) is 3.23 Å². The Kier molecular flexibility index (Phi) is 6.52. The molecule has 1 aromatic rings. The fraction of sp³-hybridized carbons (Fsp3) is 0.636. The third-order valence-electron chi connectivity index (χ3n) is 3.06. The van der Waals surface area contributed by atoms with E-state index in [0.29, 0.717) is 12.2 Å². The Morgan fingerprint density at radius 2 is 2.55 bits per heavy atom. The van der Waals surface area contributed by atoms with Gasteiger partial charge in [-0.2, -0.15) is 0 Å². The minimum absolute atomic E-state index is 0.272. The van der Waals surface area contributed by atoms with Gasteiger partial charge in [0.1, 0.15) is 0 Å². The van der Waals surface area contributed by atoms with E-state index in [9.17, 15) is 9.90 Å². The van der Waals surface area contributed by atoms with Crippen LogP contribution >= 0.6 is 9.47 Å². The van der Waals surface area contributed by atoms with Crippen molar-refractivity contribution in [1.82, 2.24) is 9.55 Å². The summed E-state index contributed by atoms with van der Waals surface area (Å²) in [7, 11) is 2.12. The van der Waals surface area contributed by atoms with E-state index in [-0.39, 0.29) is 12.3 Å². The van der Waals surface area contributed by atoms with Gasteiger partial charge in [0.05, 0.1) is 0 Å². The Bertz CT molecular complexity index is 501. The quantitative estimate of drug-likeness (QED) is 0.706. The number of hydrogen-bond acceptors (Lipinski definition) is 6. The zero-order chi connectivity index (χ0) is 14.5. The van der Waals surface area contributed by atoms with Crippen LogP contribution in [-0.4, -0.2) is 33.5 Å². The number of ether oxygens (including phenoxy) is 1. The Balaban J connectivity index is 2.08. The van der Waals surface area contributed by atoms with Gasteiger partial charge in [-0.1, -0.05) is 0 Å². The first-order valence-electron chi connectivity index (χ1n) is 6.48. The molecule has 1 aliphatic heterocycles. The van der Waals surface area contributed by atoms with Crippen LogP contribution in [0.4, 0.5) is 5.82 Å². The summed E-state index contributed by atoms with van der Waals surface area (Å²) in [5, 5.41) is 9.86. The van der Waals surface area contributed by atoms with Crippen LogP contribution < -0.4 is 8.14 Å². The number of aromatic nitrogens is 2. The predicted octanol–water partition coefficient (Wildman–Crippen LogP) is 0.546. The average molecular weight is 376 g/mol. The molecule has 109 valence electrons. The molecule has 1 aromatic heterocycles. The number of nitrogens with zero attached hydrogens (tertiary/aromatic N) is 2. The third kappa shape index (κ3) is 4.06. The molecule has 2 heterocycles. The van der Waals surface area contributed by atoms with E-state index < -0.39 is 48.0 Å². The molecular formula is C11H18N3O4PY. The summed E-state index contributed by atoms with van der Waals surface area (Å²) >= 11 is -0.825. The molecule has 2 unspecified atom stereocenters. The molecule has 0 aromatic carbocycles. The van der Waals surface area contributed by atoms with E-state index in [2.05, 4.69) is 23.8 Å². The van der Waals surface area contributed by atoms with Crippen molar-refractivity contribution in [2.45, 2.75) is 35.0 Å². The summed E-state index contributed by atoms with van der Waals surface area (Å²) in [5.41, 5.74) is -0.362. The van der Waals surface area contributed by atoms with Gasteiger partial charge >= 0.3 is 136 Å². The zero-order valence-electron chi connectivity index (χ0n) is 11.2. The van der Waals surface area contributed by atoms with E-state index in [1.165, 1.54) is 4.57 Å². The molecule has 2 rings (SSSR count). The standard InChI is InChI=1S/C9H14N3O4P.C2H5.Y/c10-7-1-2-12(9(14)11-7)8-3-5(13)6(16-8)4-15-17;1-2;/h1-2,5-6,8,13H,3-4,17H2,(H2,10,11,14);1H2,2H3;/q;;+1/p-1/t5?,6-,8-;;/m1../s1. The van der Waals surface area contributed by atoms with E-state index in [0.717, 1.165) is 3.23 Å². The molecule has 2 N–H and O–H groups in total. The van der Waals surface area contributed by atoms with Crippen molar-refractivity contribution < 1.29 is 43.9 Å². The molecule has 7 nitrogen and oxygen atoms in total. The van der Waals surface area contributed by atoms with E-state index in [1.807, 2.05) is 0 Å². The molecule has 1 fully saturated rings. The number of anilines is 1. The fourth-order valence-electron chi connectivity index (χ4n) is 2.05. The van der Waals surface area contributed by atoms with Gasteiger partial charge in [-0.3, -0.25) is 0 Å². The molecule has 0 aliphatic carbocycles. The van der Waals surface area contributed by atoms with Gasteiger partial charge in [0.25, 0.3) is 0 Å². The second-order valence-electron chi connectivity index (χ2n) is 4.52. The van der Waals surface area contributed by atoms with Crippen LogP contribution in [0.25, 0.3) is 0 Å². The number of rotatable bonds is 6. The predicted molar refractivity (Wildman–Crippen MR) is 72.8 cm³/mol. The minimum atomic E-state index is -0.825. The summed E-state index contributed by atoms with van der Waals surface area (Å²) in [6.45, 7) is 2.39. The molecule has 1 saturated heterocycles. The number of aliphatic hydroxyl groups is 1. The van der Waals surface area contributed by atoms with Crippen LogP contribution in [0.15, 0.2) is 17.1 Å². The van der Waals surface area contributed by atoms with Crippen LogP contribution in [0, 0.1) is 0 Å². The third-order valence-corrected chi connectivity index (χ3v) is 5.48.